The van der Waals surface area contributed by atoms with Gasteiger partial charge in [-0.2, -0.15) is 23.7 Å². The first-order valence-corrected chi connectivity index (χ1v) is 21.6. The Bertz CT molecular complexity index is 3870. The van der Waals surface area contributed by atoms with Crippen LogP contribution in [0.1, 0.15) is 27.8 Å². The van der Waals surface area contributed by atoms with Crippen molar-refractivity contribution in [3.05, 3.63) is 216 Å². The highest BCUT2D eigenvalue weighted by molar-refractivity contribution is 6.13. The first kappa shape index (κ1) is 40.1. The first-order valence-electron chi connectivity index (χ1n) is 21.6. The summed E-state index contributed by atoms with van der Waals surface area (Å²) in [6.45, 7) is 4.22. The van der Waals surface area contributed by atoms with Crippen LogP contribution >= 0.6 is 0 Å². The van der Waals surface area contributed by atoms with Crippen LogP contribution in [0.4, 0.5) is 13.2 Å². The monoisotopic (exact) mass is 858 g/mol. The highest BCUT2D eigenvalue weighted by Gasteiger charge is 2.31. The normalized spacial score (nSPS) is 11.7. The molecule has 0 N–H and O–H groups in total. The number of nitriles is 2. The van der Waals surface area contributed by atoms with Crippen LogP contribution < -0.4 is 0 Å². The number of para-hydroxylation sites is 2. The molecule has 0 fully saturated rings. The molecule has 2 aromatic heterocycles. The lowest BCUT2D eigenvalue weighted by molar-refractivity contribution is -0.137. The van der Waals surface area contributed by atoms with E-state index in [4.69, 9.17) is 0 Å². The smallest absolute Gasteiger partial charge is 0.309 e. The quantitative estimate of drug-likeness (QED) is 0.167. The molecule has 0 saturated carbocycles. The zero-order valence-electron chi connectivity index (χ0n) is 35.8. The molecule has 0 radical (unpaired) electrons. The predicted molar refractivity (Wildman–Crippen MR) is 261 cm³/mol. The van der Waals surface area contributed by atoms with Gasteiger partial charge in [-0.15, -0.1) is 0 Å². The largest absolute Gasteiger partial charge is 0.416 e. The van der Waals surface area contributed by atoms with Gasteiger partial charge in [-0.1, -0.05) is 115 Å². The van der Waals surface area contributed by atoms with Crippen molar-refractivity contribution in [2.75, 3.05) is 0 Å². The van der Waals surface area contributed by atoms with Crippen LogP contribution in [0.25, 0.3) is 99.5 Å². The second-order valence-corrected chi connectivity index (χ2v) is 16.7. The van der Waals surface area contributed by atoms with Gasteiger partial charge in [-0.05, 0) is 131 Å². The molecule has 0 atom stereocenters. The van der Waals surface area contributed by atoms with Crippen molar-refractivity contribution in [3.63, 3.8) is 0 Å². The van der Waals surface area contributed by atoms with Gasteiger partial charge in [0, 0.05) is 32.7 Å². The summed E-state index contributed by atoms with van der Waals surface area (Å²) >= 11 is 0. The van der Waals surface area contributed by atoms with Crippen molar-refractivity contribution in [1.29, 1.82) is 10.5 Å². The molecular formula is C59H37F3N4. The van der Waals surface area contributed by atoms with Crippen LogP contribution in [-0.4, -0.2) is 9.13 Å². The predicted octanol–water partition coefficient (Wildman–Crippen LogP) is 15.9. The number of hydrogen-bond acceptors (Lipinski definition) is 2. The SMILES string of the molecule is Cc1ccccc1-c1ccc2c(c1)c1ccccc1n2-c1ccc(C#N)cc1-c1ccc(-c2ccc(C(F)(F)F)cc2C#N)cc1-n1c2ccccc2c2cc(-c3ccccc3C)ccc21. The molecule has 4 nitrogen and oxygen atoms in total. The van der Waals surface area contributed by atoms with E-state index in [0.717, 1.165) is 106 Å². The third-order valence-corrected chi connectivity index (χ3v) is 12.9. The maximum absolute atomic E-state index is 14.0. The van der Waals surface area contributed by atoms with Crippen LogP contribution in [0, 0.1) is 36.5 Å². The molecule has 0 amide bonds. The van der Waals surface area contributed by atoms with Crippen LogP contribution in [0.5, 0.6) is 0 Å². The second kappa shape index (κ2) is 15.6. The number of hydrogen-bond donors (Lipinski definition) is 0. The van der Waals surface area contributed by atoms with Crippen molar-refractivity contribution in [1.82, 2.24) is 9.13 Å². The van der Waals surface area contributed by atoms with Crippen LogP contribution in [0.3, 0.4) is 0 Å². The lowest BCUT2D eigenvalue weighted by Gasteiger charge is -2.20. The Labute approximate surface area is 378 Å². The van der Waals surface area contributed by atoms with E-state index < -0.39 is 11.7 Å². The molecular weight excluding hydrogens is 822 g/mol. The zero-order valence-corrected chi connectivity index (χ0v) is 35.8. The molecule has 11 aromatic rings. The van der Waals surface area contributed by atoms with Crippen molar-refractivity contribution in [3.8, 4) is 68.0 Å². The van der Waals surface area contributed by atoms with Crippen molar-refractivity contribution in [2.24, 2.45) is 0 Å². The minimum absolute atomic E-state index is 0.0869. The summed E-state index contributed by atoms with van der Waals surface area (Å²) in [5.74, 6) is 0. The fraction of sp³-hybridized carbons (Fsp3) is 0.0508. The molecule has 0 saturated heterocycles. The van der Waals surface area contributed by atoms with Gasteiger partial charge in [0.05, 0.1) is 62.3 Å². The summed E-state index contributed by atoms with van der Waals surface area (Å²) in [5, 5.41) is 25.0. The Morgan fingerprint density at radius 2 is 0.894 bits per heavy atom. The number of fused-ring (bicyclic) bond motifs is 6. The number of alkyl halides is 3. The molecule has 2 heterocycles. The molecule has 11 rings (SSSR count). The minimum atomic E-state index is -4.61. The summed E-state index contributed by atoms with van der Waals surface area (Å²) < 4.78 is 46.4. The molecule has 314 valence electrons. The second-order valence-electron chi connectivity index (χ2n) is 16.7. The van der Waals surface area contributed by atoms with Gasteiger partial charge in [0.1, 0.15) is 0 Å². The first-order chi connectivity index (χ1) is 32.1. The Balaban J connectivity index is 1.22. The van der Waals surface area contributed by atoms with Gasteiger partial charge in [-0.3, -0.25) is 0 Å². The maximum atomic E-state index is 14.0. The minimum Gasteiger partial charge on any atom is -0.309 e. The van der Waals surface area contributed by atoms with E-state index in [1.165, 1.54) is 11.6 Å². The van der Waals surface area contributed by atoms with E-state index in [9.17, 15) is 23.7 Å². The Morgan fingerprint density at radius 1 is 0.394 bits per heavy atom. The van der Waals surface area contributed by atoms with Crippen LogP contribution in [0.2, 0.25) is 0 Å². The maximum Gasteiger partial charge on any atom is 0.416 e. The topological polar surface area (TPSA) is 57.4 Å². The third kappa shape index (κ3) is 6.52. The van der Waals surface area contributed by atoms with Crippen LogP contribution in [-0.2, 0) is 6.18 Å². The number of benzene rings is 9. The Morgan fingerprint density at radius 3 is 1.45 bits per heavy atom. The zero-order chi connectivity index (χ0) is 45.3. The van der Waals surface area contributed by atoms with E-state index in [2.05, 4.69) is 120 Å². The van der Waals surface area contributed by atoms with Gasteiger partial charge in [0.2, 0.25) is 0 Å². The van der Waals surface area contributed by atoms with Crippen molar-refractivity contribution >= 4 is 43.6 Å². The summed E-state index contributed by atoms with van der Waals surface area (Å²) in [6.07, 6.45) is -4.61. The molecule has 0 unspecified atom stereocenters. The fourth-order valence-electron chi connectivity index (χ4n) is 9.79. The van der Waals surface area contributed by atoms with Gasteiger partial charge in [-0.25, -0.2) is 0 Å². The summed E-state index contributed by atoms with van der Waals surface area (Å²) in [7, 11) is 0. The number of halogens is 3. The molecule has 7 heteroatoms. The molecule has 0 aliphatic rings. The molecule has 0 aliphatic heterocycles. The standard InChI is InChI=1S/C59H37F3N4/c1-36-11-3-5-13-44(36)39-21-27-56-51(31-39)47-15-7-9-17-53(47)65(56)55-26-19-38(34-63)29-50(55)49-24-20-41(46-25-23-43(59(60,61)62)30-42(46)35-64)33-58(49)66-54-18-10-8-16-48(54)52-32-40(22-28-57(52)66)45-14-6-4-12-37(45)2/h3-33H,1-2H3. The molecule has 66 heavy (non-hydrogen) atoms. The van der Waals surface area contributed by atoms with Crippen molar-refractivity contribution in [2.45, 2.75) is 20.0 Å². The number of aromatic nitrogens is 2. The molecule has 0 aliphatic carbocycles. The average Bonchev–Trinajstić information content (AvgIpc) is 3.85. The lowest BCUT2D eigenvalue weighted by Crippen LogP contribution is -2.05. The summed E-state index contributed by atoms with van der Waals surface area (Å²) in [5.41, 5.74) is 14.2. The van der Waals surface area contributed by atoms with E-state index in [0.29, 0.717) is 16.7 Å². The lowest BCUT2D eigenvalue weighted by atomic mass is 9.93. The van der Waals surface area contributed by atoms with E-state index in [-0.39, 0.29) is 5.56 Å². The fourth-order valence-corrected chi connectivity index (χ4v) is 9.79. The van der Waals surface area contributed by atoms with Crippen LogP contribution in [0.15, 0.2) is 188 Å². The van der Waals surface area contributed by atoms with E-state index in [1.54, 1.807) is 0 Å². The highest BCUT2D eigenvalue weighted by Crippen LogP contribution is 2.44. The van der Waals surface area contributed by atoms with Gasteiger partial charge in [0.25, 0.3) is 0 Å². The van der Waals surface area contributed by atoms with E-state index >= 15 is 0 Å². The van der Waals surface area contributed by atoms with Gasteiger partial charge >= 0.3 is 6.18 Å². The Kier molecular flexibility index (Phi) is 9.46. The highest BCUT2D eigenvalue weighted by atomic mass is 19.4. The van der Waals surface area contributed by atoms with E-state index in [1.807, 2.05) is 84.9 Å². The summed E-state index contributed by atoms with van der Waals surface area (Å²) in [4.78, 5) is 0. The molecule has 9 aromatic carbocycles. The van der Waals surface area contributed by atoms with Crippen molar-refractivity contribution < 1.29 is 13.2 Å². The molecule has 0 spiro atoms. The van der Waals surface area contributed by atoms with Gasteiger partial charge in [0.15, 0.2) is 0 Å². The number of nitrogens with zero attached hydrogens (tertiary/aromatic N) is 4. The molecule has 0 bridgehead atoms. The average molecular weight is 859 g/mol. The number of aryl methyl sites for hydroxylation is 2. The van der Waals surface area contributed by atoms with Gasteiger partial charge < -0.3 is 9.13 Å². The Hall–Kier alpha value is -8.65. The third-order valence-electron chi connectivity index (χ3n) is 12.9. The number of rotatable bonds is 6. The summed E-state index contributed by atoms with van der Waals surface area (Å²) in [6, 6.07) is 65.5.